The molecule has 1 rings (SSSR count). The van der Waals surface area contributed by atoms with Crippen molar-refractivity contribution in [3.8, 4) is 0 Å². The smallest absolute Gasteiger partial charge is 0.182 e. The summed E-state index contributed by atoms with van der Waals surface area (Å²) in [5.41, 5.74) is 5.13. The minimum Gasteiger partial charge on any atom is -0.390 e. The van der Waals surface area contributed by atoms with Crippen LogP contribution in [0.3, 0.4) is 0 Å². The lowest BCUT2D eigenvalue weighted by Gasteiger charge is -2.39. The summed E-state index contributed by atoms with van der Waals surface area (Å²) >= 11 is 0. The second-order valence-corrected chi connectivity index (χ2v) is 3.92. The van der Waals surface area contributed by atoms with Gasteiger partial charge in [-0.1, -0.05) is 0 Å². The van der Waals surface area contributed by atoms with E-state index in [0.29, 0.717) is 13.0 Å². The highest BCUT2D eigenvalue weighted by Crippen LogP contribution is 2.22. The molecular formula is C9H19N3O3. The van der Waals surface area contributed by atoms with E-state index in [1.807, 2.05) is 19.0 Å². The number of hydrogen-bond donors (Lipinski definition) is 3. The topological polar surface area (TPSA) is 91.3 Å². The number of rotatable bonds is 3. The van der Waals surface area contributed by atoms with Crippen molar-refractivity contribution in [3.05, 3.63) is 0 Å². The van der Waals surface area contributed by atoms with Crippen LogP contribution in [-0.2, 0) is 4.74 Å². The summed E-state index contributed by atoms with van der Waals surface area (Å²) in [6.07, 6.45) is -0.383. The Morgan fingerprint density at radius 3 is 2.73 bits per heavy atom. The molecule has 6 nitrogen and oxygen atoms in total. The molecule has 0 saturated carbocycles. The van der Waals surface area contributed by atoms with Gasteiger partial charge in [0, 0.05) is 6.04 Å². The molecular weight excluding hydrogens is 198 g/mol. The molecule has 0 aromatic rings. The Hall–Kier alpha value is -0.690. The van der Waals surface area contributed by atoms with Gasteiger partial charge in [0.05, 0.1) is 19.0 Å². The van der Waals surface area contributed by atoms with E-state index >= 15 is 0 Å². The van der Waals surface area contributed by atoms with E-state index < -0.39 is 12.4 Å². The van der Waals surface area contributed by atoms with Crippen LogP contribution in [0.5, 0.6) is 0 Å². The third-order valence-corrected chi connectivity index (χ3v) is 2.60. The van der Waals surface area contributed by atoms with Crippen molar-refractivity contribution >= 4 is 6.34 Å². The molecule has 6 heteroatoms. The number of aliphatic hydroxyl groups is 2. The molecule has 0 radical (unpaired) electrons. The summed E-state index contributed by atoms with van der Waals surface area (Å²) in [4.78, 5) is 5.74. The number of aliphatic imine (C=N–C) groups is 1. The molecule has 1 aliphatic heterocycles. The van der Waals surface area contributed by atoms with Crippen LogP contribution in [0.4, 0.5) is 0 Å². The average molecular weight is 217 g/mol. The van der Waals surface area contributed by atoms with Gasteiger partial charge in [-0.05, 0) is 20.5 Å². The standard InChI is InChI=1S/C9H19N3O3/c1-12(2)7-3-6(4-11-5-10)15-9(14)8(7)13/h5-9,13-14H,3-4H2,1-2H3,(H2,10,11)/t6-,7?,8?,9?/m0/s1. The normalized spacial score (nSPS) is 37.7. The Labute approximate surface area is 89.4 Å². The van der Waals surface area contributed by atoms with Crippen molar-refractivity contribution in [2.45, 2.75) is 31.0 Å². The number of likely N-dealkylation sites (N-methyl/N-ethyl adjacent to an activating group) is 1. The molecule has 0 aromatic carbocycles. The quantitative estimate of drug-likeness (QED) is 0.390. The molecule has 0 aliphatic carbocycles. The van der Waals surface area contributed by atoms with Crippen LogP contribution in [0.15, 0.2) is 4.99 Å². The largest absolute Gasteiger partial charge is 0.390 e. The predicted molar refractivity (Wildman–Crippen MR) is 56.5 cm³/mol. The zero-order valence-electron chi connectivity index (χ0n) is 9.08. The van der Waals surface area contributed by atoms with Gasteiger partial charge in [0.25, 0.3) is 0 Å². The van der Waals surface area contributed by atoms with Crippen molar-refractivity contribution < 1.29 is 14.9 Å². The third-order valence-electron chi connectivity index (χ3n) is 2.60. The molecule has 0 spiro atoms. The van der Waals surface area contributed by atoms with Gasteiger partial charge in [-0.2, -0.15) is 0 Å². The Balaban J connectivity index is 2.58. The fraction of sp³-hybridized carbons (Fsp3) is 0.889. The molecule has 1 saturated heterocycles. The van der Waals surface area contributed by atoms with Gasteiger partial charge >= 0.3 is 0 Å². The first-order valence-electron chi connectivity index (χ1n) is 4.94. The highest BCUT2D eigenvalue weighted by Gasteiger charge is 2.37. The Bertz CT molecular complexity index is 223. The Kier molecular flexibility index (Phi) is 4.46. The van der Waals surface area contributed by atoms with E-state index in [-0.39, 0.29) is 12.1 Å². The lowest BCUT2D eigenvalue weighted by Crippen LogP contribution is -2.54. The van der Waals surface area contributed by atoms with Gasteiger partial charge < -0.3 is 25.6 Å². The van der Waals surface area contributed by atoms with Gasteiger partial charge in [-0.3, -0.25) is 4.99 Å². The molecule has 0 bridgehead atoms. The van der Waals surface area contributed by atoms with Gasteiger partial charge in [0.1, 0.15) is 6.10 Å². The molecule has 4 atom stereocenters. The van der Waals surface area contributed by atoms with E-state index in [4.69, 9.17) is 10.5 Å². The maximum Gasteiger partial charge on any atom is 0.182 e. The molecule has 15 heavy (non-hydrogen) atoms. The summed E-state index contributed by atoms with van der Waals surface area (Å²) < 4.78 is 5.19. The van der Waals surface area contributed by atoms with E-state index in [2.05, 4.69) is 4.99 Å². The molecule has 0 aromatic heterocycles. The molecule has 3 unspecified atom stereocenters. The molecule has 0 amide bonds. The molecule has 1 fully saturated rings. The maximum absolute atomic E-state index is 9.67. The van der Waals surface area contributed by atoms with E-state index in [9.17, 15) is 10.2 Å². The Morgan fingerprint density at radius 2 is 2.20 bits per heavy atom. The maximum atomic E-state index is 9.67. The molecule has 88 valence electrons. The lowest BCUT2D eigenvalue weighted by atomic mass is 9.98. The first kappa shape index (κ1) is 12.4. The van der Waals surface area contributed by atoms with Crippen LogP contribution in [0.1, 0.15) is 6.42 Å². The fourth-order valence-corrected chi connectivity index (χ4v) is 1.74. The van der Waals surface area contributed by atoms with Crippen LogP contribution in [0.25, 0.3) is 0 Å². The summed E-state index contributed by atoms with van der Waals surface area (Å²) in [5, 5.41) is 19.2. The van der Waals surface area contributed by atoms with E-state index in [1.165, 1.54) is 6.34 Å². The highest BCUT2D eigenvalue weighted by molar-refractivity contribution is 5.51. The Morgan fingerprint density at radius 1 is 1.53 bits per heavy atom. The summed E-state index contributed by atoms with van der Waals surface area (Å²) in [6.45, 7) is 0.407. The van der Waals surface area contributed by atoms with Gasteiger partial charge in [0.2, 0.25) is 0 Å². The second-order valence-electron chi connectivity index (χ2n) is 3.92. The van der Waals surface area contributed by atoms with E-state index in [0.717, 1.165) is 0 Å². The molecule has 1 heterocycles. The van der Waals surface area contributed by atoms with Gasteiger partial charge in [-0.25, -0.2) is 0 Å². The highest BCUT2D eigenvalue weighted by atomic mass is 16.6. The minimum absolute atomic E-state index is 0.119. The van der Waals surface area contributed by atoms with Crippen LogP contribution < -0.4 is 5.73 Å². The third kappa shape index (κ3) is 3.13. The summed E-state index contributed by atoms with van der Waals surface area (Å²) in [6, 6.07) is -0.119. The van der Waals surface area contributed by atoms with Crippen molar-refractivity contribution in [1.29, 1.82) is 0 Å². The van der Waals surface area contributed by atoms with Crippen LogP contribution in [0.2, 0.25) is 0 Å². The van der Waals surface area contributed by atoms with Crippen LogP contribution in [0, 0.1) is 0 Å². The SMILES string of the molecule is CN(C)C1C[C@@H](CN=CN)OC(O)C1O. The number of nitrogens with two attached hydrogens (primary N) is 1. The number of ether oxygens (including phenoxy) is 1. The number of nitrogens with zero attached hydrogens (tertiary/aromatic N) is 2. The zero-order valence-corrected chi connectivity index (χ0v) is 9.08. The first-order valence-corrected chi connectivity index (χ1v) is 4.94. The van der Waals surface area contributed by atoms with Crippen LogP contribution >= 0.6 is 0 Å². The molecule has 4 N–H and O–H groups in total. The monoisotopic (exact) mass is 217 g/mol. The van der Waals surface area contributed by atoms with Crippen molar-refractivity contribution in [2.75, 3.05) is 20.6 Å². The summed E-state index contributed by atoms with van der Waals surface area (Å²) in [7, 11) is 3.71. The van der Waals surface area contributed by atoms with Gasteiger partial charge in [0.15, 0.2) is 6.29 Å². The lowest BCUT2D eigenvalue weighted by molar-refractivity contribution is -0.231. The van der Waals surface area contributed by atoms with Crippen LogP contribution in [-0.4, -0.2) is 66.6 Å². The van der Waals surface area contributed by atoms with Crippen molar-refractivity contribution in [3.63, 3.8) is 0 Å². The van der Waals surface area contributed by atoms with Gasteiger partial charge in [-0.15, -0.1) is 0 Å². The first-order chi connectivity index (χ1) is 7.06. The number of aliphatic hydroxyl groups excluding tert-OH is 2. The minimum atomic E-state index is -1.15. The molecule has 1 aliphatic rings. The number of hydrogen-bond acceptors (Lipinski definition) is 5. The van der Waals surface area contributed by atoms with Crippen molar-refractivity contribution in [1.82, 2.24) is 4.90 Å². The van der Waals surface area contributed by atoms with Crippen molar-refractivity contribution in [2.24, 2.45) is 10.7 Å². The van der Waals surface area contributed by atoms with E-state index in [1.54, 1.807) is 0 Å². The average Bonchev–Trinajstić information content (AvgIpc) is 2.19. The fourth-order valence-electron chi connectivity index (χ4n) is 1.74. The zero-order chi connectivity index (χ0) is 11.4. The second kappa shape index (κ2) is 5.41. The predicted octanol–water partition coefficient (Wildman–Crippen LogP) is -1.63. The summed E-state index contributed by atoms with van der Waals surface area (Å²) in [5.74, 6) is 0.